The van der Waals surface area contributed by atoms with Crippen LogP contribution in [0, 0.1) is 0 Å². The molecule has 2 aromatic rings. The van der Waals surface area contributed by atoms with Gasteiger partial charge in [0, 0.05) is 5.39 Å². The average molecular weight is 249 g/mol. The Bertz CT molecular complexity index is 531. The zero-order chi connectivity index (χ0) is 12.3. The summed E-state index contributed by atoms with van der Waals surface area (Å²) in [5.74, 6) is 0.583. The molecule has 2 aromatic carbocycles. The van der Waals surface area contributed by atoms with Crippen LogP contribution in [0.5, 0.6) is 5.75 Å². The second-order valence-electron chi connectivity index (χ2n) is 3.84. The van der Waals surface area contributed by atoms with Crippen LogP contribution in [0.1, 0.15) is 6.92 Å². The topological polar surface area (TPSA) is 26.3 Å². The zero-order valence-corrected chi connectivity index (χ0v) is 10.3. The molecule has 17 heavy (non-hydrogen) atoms. The molecule has 0 bridgehead atoms. The van der Waals surface area contributed by atoms with Crippen LogP contribution in [0.25, 0.3) is 10.8 Å². The summed E-state index contributed by atoms with van der Waals surface area (Å²) in [5.41, 5.74) is 0. The molecular weight excluding hydrogens is 236 g/mol. The highest BCUT2D eigenvalue weighted by Crippen LogP contribution is 2.26. The van der Waals surface area contributed by atoms with Crippen molar-refractivity contribution in [2.75, 3.05) is 5.88 Å². The number of hydrogen-bond acceptors (Lipinski definition) is 2. The molecule has 2 nitrogen and oxygen atoms in total. The van der Waals surface area contributed by atoms with Crippen molar-refractivity contribution >= 4 is 28.2 Å². The van der Waals surface area contributed by atoms with Crippen LogP contribution in [0.4, 0.5) is 0 Å². The van der Waals surface area contributed by atoms with Crippen molar-refractivity contribution < 1.29 is 9.53 Å². The van der Waals surface area contributed by atoms with Crippen LogP contribution in [0.15, 0.2) is 42.5 Å². The van der Waals surface area contributed by atoms with Crippen molar-refractivity contribution in [1.29, 1.82) is 0 Å². The number of rotatable bonds is 4. The molecular formula is C14H13ClO2. The first kappa shape index (κ1) is 11.9. The van der Waals surface area contributed by atoms with Gasteiger partial charge in [0.2, 0.25) is 0 Å². The number of carbonyl (C=O) groups is 1. The van der Waals surface area contributed by atoms with Gasteiger partial charge in [0.15, 0.2) is 11.9 Å². The summed E-state index contributed by atoms with van der Waals surface area (Å²) >= 11 is 5.50. The fraction of sp³-hybridized carbons (Fsp3) is 0.214. The predicted octanol–water partition coefficient (Wildman–Crippen LogP) is 3.42. The van der Waals surface area contributed by atoms with E-state index in [1.165, 1.54) is 0 Å². The molecule has 0 aliphatic heterocycles. The Morgan fingerprint density at radius 3 is 2.71 bits per heavy atom. The zero-order valence-electron chi connectivity index (χ0n) is 9.52. The van der Waals surface area contributed by atoms with Gasteiger partial charge in [-0.2, -0.15) is 0 Å². The second-order valence-corrected chi connectivity index (χ2v) is 4.10. The fourth-order valence-electron chi connectivity index (χ4n) is 1.66. The summed E-state index contributed by atoms with van der Waals surface area (Å²) in [4.78, 5) is 11.4. The molecule has 0 fully saturated rings. The lowest BCUT2D eigenvalue weighted by Gasteiger charge is -2.14. The van der Waals surface area contributed by atoms with Gasteiger partial charge in [-0.25, -0.2) is 0 Å². The highest BCUT2D eigenvalue weighted by atomic mass is 35.5. The average Bonchev–Trinajstić information content (AvgIpc) is 2.38. The number of alkyl halides is 1. The Kier molecular flexibility index (Phi) is 3.64. The highest BCUT2D eigenvalue weighted by molar-refractivity contribution is 6.28. The maximum Gasteiger partial charge on any atom is 0.187 e. The fourth-order valence-corrected chi connectivity index (χ4v) is 1.88. The normalized spacial score (nSPS) is 12.4. The molecule has 0 saturated carbocycles. The first-order valence-corrected chi connectivity index (χ1v) is 5.99. The number of ketones is 1. The van der Waals surface area contributed by atoms with Crippen molar-refractivity contribution in [3.8, 4) is 5.75 Å². The molecule has 0 amide bonds. The monoisotopic (exact) mass is 248 g/mol. The lowest BCUT2D eigenvalue weighted by Crippen LogP contribution is -2.24. The predicted molar refractivity (Wildman–Crippen MR) is 69.8 cm³/mol. The molecule has 2 rings (SSSR count). The van der Waals surface area contributed by atoms with Crippen LogP contribution in [0.2, 0.25) is 0 Å². The molecule has 1 unspecified atom stereocenters. The Morgan fingerprint density at radius 1 is 1.24 bits per heavy atom. The molecule has 0 heterocycles. The van der Waals surface area contributed by atoms with Crippen LogP contribution in [0.3, 0.4) is 0 Å². The van der Waals surface area contributed by atoms with Gasteiger partial charge < -0.3 is 4.74 Å². The van der Waals surface area contributed by atoms with E-state index in [9.17, 15) is 4.79 Å². The van der Waals surface area contributed by atoms with Crippen molar-refractivity contribution in [1.82, 2.24) is 0 Å². The molecule has 3 heteroatoms. The summed E-state index contributed by atoms with van der Waals surface area (Å²) in [5, 5.41) is 2.10. The number of Topliss-reactive ketones (excluding diaryl/α,β-unsaturated/α-hetero) is 1. The smallest absolute Gasteiger partial charge is 0.187 e. The molecule has 0 spiro atoms. The van der Waals surface area contributed by atoms with E-state index < -0.39 is 6.10 Å². The maximum absolute atomic E-state index is 11.4. The number of benzene rings is 2. The van der Waals surface area contributed by atoms with Gasteiger partial charge in [0.05, 0.1) is 5.88 Å². The van der Waals surface area contributed by atoms with E-state index in [2.05, 4.69) is 0 Å². The van der Waals surface area contributed by atoms with Crippen LogP contribution in [-0.4, -0.2) is 17.8 Å². The summed E-state index contributed by atoms with van der Waals surface area (Å²) in [6, 6.07) is 13.7. The SMILES string of the molecule is CC(Oc1cccc2ccccc12)C(=O)CCl. The van der Waals surface area contributed by atoms with Gasteiger partial charge in [-0.05, 0) is 18.4 Å². The van der Waals surface area contributed by atoms with E-state index >= 15 is 0 Å². The van der Waals surface area contributed by atoms with Gasteiger partial charge in [-0.15, -0.1) is 11.6 Å². The van der Waals surface area contributed by atoms with Gasteiger partial charge in [0.1, 0.15) is 5.75 Å². The maximum atomic E-state index is 11.4. The van der Waals surface area contributed by atoms with E-state index in [0.29, 0.717) is 5.75 Å². The van der Waals surface area contributed by atoms with Crippen LogP contribution in [-0.2, 0) is 4.79 Å². The minimum Gasteiger partial charge on any atom is -0.482 e. The molecule has 0 aliphatic carbocycles. The summed E-state index contributed by atoms with van der Waals surface area (Å²) < 4.78 is 5.65. The van der Waals surface area contributed by atoms with E-state index in [4.69, 9.17) is 16.3 Å². The lowest BCUT2D eigenvalue weighted by molar-refractivity contribution is -0.122. The van der Waals surface area contributed by atoms with Crippen LogP contribution < -0.4 is 4.74 Å². The molecule has 0 N–H and O–H groups in total. The summed E-state index contributed by atoms with van der Waals surface area (Å²) in [6.07, 6.45) is -0.515. The Morgan fingerprint density at radius 2 is 1.94 bits per heavy atom. The first-order valence-electron chi connectivity index (χ1n) is 5.45. The minimum absolute atomic E-state index is 0.0219. The number of ether oxygens (including phenoxy) is 1. The van der Waals surface area contributed by atoms with E-state index in [1.807, 2.05) is 42.5 Å². The third-order valence-electron chi connectivity index (χ3n) is 2.64. The van der Waals surface area contributed by atoms with Gasteiger partial charge in [-0.1, -0.05) is 36.4 Å². The number of carbonyl (C=O) groups excluding carboxylic acids is 1. The largest absolute Gasteiger partial charge is 0.482 e. The third kappa shape index (κ3) is 2.59. The lowest BCUT2D eigenvalue weighted by atomic mass is 10.1. The molecule has 0 radical (unpaired) electrons. The second kappa shape index (κ2) is 5.19. The highest BCUT2D eigenvalue weighted by Gasteiger charge is 2.14. The minimum atomic E-state index is -0.515. The molecule has 1 atom stereocenters. The standard InChI is InChI=1S/C14H13ClO2/c1-10(13(16)9-15)17-14-8-4-6-11-5-2-3-7-12(11)14/h2-8,10H,9H2,1H3. The third-order valence-corrected chi connectivity index (χ3v) is 2.90. The van der Waals surface area contributed by atoms with E-state index in [0.717, 1.165) is 10.8 Å². The number of fused-ring (bicyclic) bond motifs is 1. The summed E-state index contributed by atoms with van der Waals surface area (Å²) in [7, 11) is 0. The molecule has 0 aromatic heterocycles. The number of hydrogen-bond donors (Lipinski definition) is 0. The number of halogens is 1. The van der Waals surface area contributed by atoms with Crippen LogP contribution >= 0.6 is 11.6 Å². The summed E-state index contributed by atoms with van der Waals surface area (Å²) in [6.45, 7) is 1.71. The Hall–Kier alpha value is -1.54. The van der Waals surface area contributed by atoms with Gasteiger partial charge in [-0.3, -0.25) is 4.79 Å². The van der Waals surface area contributed by atoms with Gasteiger partial charge in [0.25, 0.3) is 0 Å². The Labute approximate surface area is 105 Å². The quantitative estimate of drug-likeness (QED) is 0.775. The molecule has 88 valence electrons. The van der Waals surface area contributed by atoms with E-state index in [-0.39, 0.29) is 11.7 Å². The van der Waals surface area contributed by atoms with Gasteiger partial charge >= 0.3 is 0 Å². The van der Waals surface area contributed by atoms with Crippen molar-refractivity contribution in [2.45, 2.75) is 13.0 Å². The first-order chi connectivity index (χ1) is 8.22. The molecule has 0 aliphatic rings. The van der Waals surface area contributed by atoms with E-state index in [1.54, 1.807) is 6.92 Å². The van der Waals surface area contributed by atoms with Crippen molar-refractivity contribution in [2.24, 2.45) is 0 Å². The van der Waals surface area contributed by atoms with Crippen molar-refractivity contribution in [3.05, 3.63) is 42.5 Å². The van der Waals surface area contributed by atoms with Crippen molar-refractivity contribution in [3.63, 3.8) is 0 Å². The Balaban J connectivity index is 2.33. The molecule has 0 saturated heterocycles.